The highest BCUT2D eigenvalue weighted by atomic mass is 16.7. The van der Waals surface area contributed by atoms with E-state index in [2.05, 4.69) is 53.2 Å². The zero-order valence-electron chi connectivity index (χ0n) is 15.9. The van der Waals surface area contributed by atoms with Crippen molar-refractivity contribution in [2.45, 2.75) is 43.9 Å². The van der Waals surface area contributed by atoms with Gasteiger partial charge in [0.2, 0.25) is 0 Å². The zero-order chi connectivity index (χ0) is 19.0. The number of nitriles is 1. The van der Waals surface area contributed by atoms with Gasteiger partial charge >= 0.3 is 0 Å². The van der Waals surface area contributed by atoms with Crippen LogP contribution in [-0.4, -0.2) is 23.6 Å². The molecular weight excluding hydrogens is 348 g/mol. The summed E-state index contributed by atoms with van der Waals surface area (Å²) in [5, 5.41) is 10.6. The molecule has 1 aliphatic heterocycles. The minimum atomic E-state index is -0.337. The predicted octanol–water partition coefficient (Wildman–Crippen LogP) is 4.96. The van der Waals surface area contributed by atoms with Crippen LogP contribution in [0.2, 0.25) is 0 Å². The SMILES string of the molecule is N#Cc1ccc2c(c1)c(C1CCC3(CC1)OCCO3)cn2Cc1ccccc1. The second-order valence-corrected chi connectivity index (χ2v) is 7.92. The van der Waals surface area contributed by atoms with E-state index in [1.807, 2.05) is 12.1 Å². The molecule has 28 heavy (non-hydrogen) atoms. The summed E-state index contributed by atoms with van der Waals surface area (Å²) in [7, 11) is 0. The molecular formula is C24H24N2O2. The van der Waals surface area contributed by atoms with Crippen LogP contribution in [0.15, 0.2) is 54.7 Å². The first kappa shape index (κ1) is 17.5. The molecule has 5 rings (SSSR count). The van der Waals surface area contributed by atoms with Crippen LogP contribution in [0.25, 0.3) is 10.9 Å². The third kappa shape index (κ3) is 3.11. The van der Waals surface area contributed by atoms with E-state index in [4.69, 9.17) is 9.47 Å². The number of benzene rings is 2. The van der Waals surface area contributed by atoms with E-state index in [9.17, 15) is 5.26 Å². The van der Waals surface area contributed by atoms with Gasteiger partial charge < -0.3 is 14.0 Å². The summed E-state index contributed by atoms with van der Waals surface area (Å²) < 4.78 is 14.1. The highest BCUT2D eigenvalue weighted by molar-refractivity contribution is 5.86. The average Bonchev–Trinajstić information content (AvgIpc) is 3.34. The van der Waals surface area contributed by atoms with Crippen LogP contribution in [0.3, 0.4) is 0 Å². The lowest BCUT2D eigenvalue weighted by Gasteiger charge is -2.35. The highest BCUT2D eigenvalue weighted by Gasteiger charge is 2.41. The van der Waals surface area contributed by atoms with Crippen molar-refractivity contribution in [3.63, 3.8) is 0 Å². The van der Waals surface area contributed by atoms with Crippen LogP contribution in [0, 0.1) is 11.3 Å². The summed E-state index contributed by atoms with van der Waals surface area (Å²) in [6, 6.07) is 18.9. The van der Waals surface area contributed by atoms with Gasteiger partial charge in [0.25, 0.3) is 0 Å². The molecule has 0 N–H and O–H groups in total. The molecule has 4 heteroatoms. The summed E-state index contributed by atoms with van der Waals surface area (Å²) in [5.41, 5.74) is 4.56. The van der Waals surface area contributed by atoms with Crippen molar-refractivity contribution in [1.29, 1.82) is 5.26 Å². The molecule has 2 fully saturated rings. The van der Waals surface area contributed by atoms with Gasteiger partial charge in [-0.05, 0) is 48.1 Å². The van der Waals surface area contributed by atoms with Crippen molar-refractivity contribution in [1.82, 2.24) is 4.57 Å². The van der Waals surface area contributed by atoms with Gasteiger partial charge in [-0.3, -0.25) is 0 Å². The number of aromatic nitrogens is 1. The van der Waals surface area contributed by atoms with Gasteiger partial charge in [-0.25, -0.2) is 0 Å². The van der Waals surface area contributed by atoms with Crippen molar-refractivity contribution < 1.29 is 9.47 Å². The fraction of sp³-hybridized carbons (Fsp3) is 0.375. The van der Waals surface area contributed by atoms with E-state index < -0.39 is 0 Å². The Morgan fingerprint density at radius 1 is 1.04 bits per heavy atom. The molecule has 1 spiro atoms. The Morgan fingerprint density at radius 2 is 1.79 bits per heavy atom. The Bertz CT molecular complexity index is 1020. The van der Waals surface area contributed by atoms with E-state index in [-0.39, 0.29) is 5.79 Å². The monoisotopic (exact) mass is 372 g/mol. The molecule has 0 amide bonds. The number of fused-ring (bicyclic) bond motifs is 1. The number of hydrogen-bond donors (Lipinski definition) is 0. The van der Waals surface area contributed by atoms with Crippen LogP contribution >= 0.6 is 0 Å². The molecule has 1 aromatic heterocycles. The number of hydrogen-bond acceptors (Lipinski definition) is 3. The second-order valence-electron chi connectivity index (χ2n) is 7.92. The number of nitrogens with zero attached hydrogens (tertiary/aromatic N) is 2. The molecule has 2 aromatic carbocycles. The van der Waals surface area contributed by atoms with Gasteiger partial charge in [-0.2, -0.15) is 5.26 Å². The Kier molecular flexibility index (Phi) is 4.43. The Hall–Kier alpha value is -2.61. The summed E-state index contributed by atoms with van der Waals surface area (Å²) >= 11 is 0. The summed E-state index contributed by atoms with van der Waals surface area (Å²) in [6.45, 7) is 2.27. The van der Waals surface area contributed by atoms with E-state index in [0.29, 0.717) is 19.1 Å². The van der Waals surface area contributed by atoms with Crippen LogP contribution in [0.5, 0.6) is 0 Å². The Morgan fingerprint density at radius 3 is 2.50 bits per heavy atom. The van der Waals surface area contributed by atoms with Crippen molar-refractivity contribution in [2.75, 3.05) is 13.2 Å². The Labute approximate surface area is 165 Å². The van der Waals surface area contributed by atoms with Crippen molar-refractivity contribution >= 4 is 10.9 Å². The third-order valence-corrected chi connectivity index (χ3v) is 6.24. The first-order valence-electron chi connectivity index (χ1n) is 10.1. The quantitative estimate of drug-likeness (QED) is 0.653. The van der Waals surface area contributed by atoms with Crippen molar-refractivity contribution in [2.24, 2.45) is 0 Å². The minimum absolute atomic E-state index is 0.337. The van der Waals surface area contributed by atoms with E-state index in [0.717, 1.165) is 37.8 Å². The topological polar surface area (TPSA) is 47.2 Å². The summed E-state index contributed by atoms with van der Waals surface area (Å²) in [6.07, 6.45) is 6.31. The molecule has 3 aromatic rings. The first-order valence-corrected chi connectivity index (χ1v) is 10.1. The van der Waals surface area contributed by atoms with Crippen molar-refractivity contribution in [3.05, 3.63) is 71.4 Å². The molecule has 0 unspecified atom stereocenters. The lowest BCUT2D eigenvalue weighted by Crippen LogP contribution is -2.34. The van der Waals surface area contributed by atoms with Crippen LogP contribution in [0.1, 0.15) is 48.3 Å². The largest absolute Gasteiger partial charge is 0.348 e. The molecule has 0 radical (unpaired) electrons. The van der Waals surface area contributed by atoms with E-state index in [1.54, 1.807) is 0 Å². The standard InChI is InChI=1S/C24H24N2O2/c25-15-19-6-7-23-21(14-19)22(17-26(23)16-18-4-2-1-3-5-18)20-8-10-24(11-9-20)27-12-13-28-24/h1-7,14,17,20H,8-13,16H2. The maximum atomic E-state index is 9.39. The van der Waals surface area contributed by atoms with Crippen molar-refractivity contribution in [3.8, 4) is 6.07 Å². The van der Waals surface area contributed by atoms with Crippen LogP contribution in [-0.2, 0) is 16.0 Å². The maximum Gasteiger partial charge on any atom is 0.168 e. The van der Waals surface area contributed by atoms with E-state index in [1.165, 1.54) is 22.0 Å². The highest BCUT2D eigenvalue weighted by Crippen LogP contribution is 2.44. The van der Waals surface area contributed by atoms with Crippen LogP contribution < -0.4 is 0 Å². The first-order chi connectivity index (χ1) is 13.8. The summed E-state index contributed by atoms with van der Waals surface area (Å²) in [4.78, 5) is 0. The smallest absolute Gasteiger partial charge is 0.168 e. The fourth-order valence-electron chi connectivity index (χ4n) is 4.78. The lowest BCUT2D eigenvalue weighted by atomic mass is 9.81. The van der Waals surface area contributed by atoms with Gasteiger partial charge in [0, 0.05) is 36.5 Å². The van der Waals surface area contributed by atoms with Gasteiger partial charge in [0.05, 0.1) is 24.8 Å². The molecule has 4 nitrogen and oxygen atoms in total. The van der Waals surface area contributed by atoms with Gasteiger partial charge in [0.1, 0.15) is 0 Å². The summed E-state index contributed by atoms with van der Waals surface area (Å²) in [5.74, 6) is 0.142. The Balaban J connectivity index is 1.50. The molecule has 1 saturated carbocycles. The molecule has 1 aliphatic carbocycles. The van der Waals surface area contributed by atoms with E-state index >= 15 is 0 Å². The molecule has 142 valence electrons. The molecule has 2 heterocycles. The number of ether oxygens (including phenoxy) is 2. The average molecular weight is 372 g/mol. The van der Waals surface area contributed by atoms with Crippen LogP contribution in [0.4, 0.5) is 0 Å². The predicted molar refractivity (Wildman–Crippen MR) is 108 cm³/mol. The fourth-order valence-corrected chi connectivity index (χ4v) is 4.78. The number of rotatable bonds is 3. The zero-order valence-corrected chi connectivity index (χ0v) is 15.9. The van der Waals surface area contributed by atoms with Gasteiger partial charge in [0.15, 0.2) is 5.79 Å². The van der Waals surface area contributed by atoms with Gasteiger partial charge in [-0.1, -0.05) is 30.3 Å². The molecule has 2 aliphatic rings. The maximum absolute atomic E-state index is 9.39. The normalized spacial score (nSPS) is 19.2. The van der Waals surface area contributed by atoms with Gasteiger partial charge in [-0.15, -0.1) is 0 Å². The molecule has 0 atom stereocenters. The molecule has 0 bridgehead atoms. The third-order valence-electron chi connectivity index (χ3n) is 6.24. The second kappa shape index (κ2) is 7.09. The lowest BCUT2D eigenvalue weighted by molar-refractivity contribution is -0.178. The minimum Gasteiger partial charge on any atom is -0.348 e. The molecule has 1 saturated heterocycles.